The van der Waals surface area contributed by atoms with E-state index in [9.17, 15) is 18.0 Å². The Labute approximate surface area is 171 Å². The molecule has 0 bridgehead atoms. The fourth-order valence-corrected chi connectivity index (χ4v) is 4.14. The maximum atomic E-state index is 12.7. The lowest BCUT2D eigenvalue weighted by molar-refractivity contribution is -0.124. The summed E-state index contributed by atoms with van der Waals surface area (Å²) in [6.07, 6.45) is 0.246. The molecule has 0 radical (unpaired) electrons. The summed E-state index contributed by atoms with van der Waals surface area (Å²) in [7, 11) is -1.39. The third kappa shape index (κ3) is 5.99. The van der Waals surface area contributed by atoms with Crippen molar-refractivity contribution in [2.24, 2.45) is 5.92 Å². The Morgan fingerprint density at radius 2 is 1.72 bits per heavy atom. The molecule has 29 heavy (non-hydrogen) atoms. The van der Waals surface area contributed by atoms with Gasteiger partial charge in [-0.25, -0.2) is 17.9 Å². The van der Waals surface area contributed by atoms with Gasteiger partial charge in [0.25, 0.3) is 10.0 Å². The van der Waals surface area contributed by atoms with Crippen LogP contribution < -0.4 is 14.2 Å². The predicted octanol–water partition coefficient (Wildman–Crippen LogP) is 2.16. The number of rotatable bonds is 5. The normalized spacial score (nSPS) is 15.6. The summed E-state index contributed by atoms with van der Waals surface area (Å²) >= 11 is 0. The number of piperidine rings is 1. The van der Waals surface area contributed by atoms with Gasteiger partial charge >= 0.3 is 6.09 Å². The van der Waals surface area contributed by atoms with E-state index in [2.05, 4.69) is 4.72 Å². The first-order valence-electron chi connectivity index (χ1n) is 9.23. The predicted molar refractivity (Wildman–Crippen MR) is 105 cm³/mol. The number of ether oxygens (including phenoxy) is 3. The van der Waals surface area contributed by atoms with Gasteiger partial charge in [-0.15, -0.1) is 0 Å². The Hall–Kier alpha value is -2.49. The molecule has 1 aromatic carbocycles. The van der Waals surface area contributed by atoms with Crippen molar-refractivity contribution < 1.29 is 32.2 Å². The average Bonchev–Trinajstić information content (AvgIpc) is 2.65. The molecule has 1 saturated heterocycles. The Balaban J connectivity index is 2.03. The quantitative estimate of drug-likeness (QED) is 0.765. The van der Waals surface area contributed by atoms with Crippen molar-refractivity contribution in [1.29, 1.82) is 0 Å². The number of amides is 2. The number of likely N-dealkylation sites (tertiary alicyclic amines) is 1. The number of carbonyl (C=O) groups is 2. The first kappa shape index (κ1) is 22.8. The molecule has 0 saturated carbocycles. The SMILES string of the molecule is COc1ccc(OC)c(S(=O)(=O)NC(=O)C2CCN(C(=O)OC(C)(C)C)CC2)c1. The summed E-state index contributed by atoms with van der Waals surface area (Å²) in [6, 6.07) is 4.31. The van der Waals surface area contributed by atoms with Gasteiger partial charge in [-0.3, -0.25) is 4.79 Å². The molecule has 0 spiro atoms. The minimum atomic E-state index is -4.15. The Morgan fingerprint density at radius 3 is 2.24 bits per heavy atom. The van der Waals surface area contributed by atoms with Crippen molar-refractivity contribution >= 4 is 22.0 Å². The highest BCUT2D eigenvalue weighted by atomic mass is 32.2. The smallest absolute Gasteiger partial charge is 0.410 e. The molecule has 9 nitrogen and oxygen atoms in total. The third-order valence-corrected chi connectivity index (χ3v) is 5.78. The van der Waals surface area contributed by atoms with E-state index in [1.54, 1.807) is 26.8 Å². The molecular weight excluding hydrogens is 400 g/mol. The van der Waals surface area contributed by atoms with Crippen LogP contribution in [-0.2, 0) is 19.6 Å². The van der Waals surface area contributed by atoms with Crippen LogP contribution in [0.3, 0.4) is 0 Å². The maximum absolute atomic E-state index is 12.7. The van der Waals surface area contributed by atoms with Crippen molar-refractivity contribution in [1.82, 2.24) is 9.62 Å². The van der Waals surface area contributed by atoms with E-state index in [1.165, 1.54) is 31.3 Å². The summed E-state index contributed by atoms with van der Waals surface area (Å²) in [5.41, 5.74) is -0.602. The Kier molecular flexibility index (Phi) is 6.99. The second kappa shape index (κ2) is 8.89. The first-order valence-corrected chi connectivity index (χ1v) is 10.7. The molecule has 0 atom stereocenters. The fourth-order valence-electron chi connectivity index (χ4n) is 2.92. The van der Waals surface area contributed by atoms with Crippen LogP contribution >= 0.6 is 0 Å². The number of hydrogen-bond acceptors (Lipinski definition) is 7. The number of nitrogens with one attached hydrogen (secondary N) is 1. The molecule has 1 aliphatic heterocycles. The van der Waals surface area contributed by atoms with Gasteiger partial charge in [0.1, 0.15) is 22.0 Å². The molecule has 1 aliphatic rings. The zero-order valence-electron chi connectivity index (χ0n) is 17.4. The monoisotopic (exact) mass is 428 g/mol. The second-order valence-electron chi connectivity index (χ2n) is 7.73. The summed E-state index contributed by atoms with van der Waals surface area (Å²) < 4.78 is 43.0. The maximum Gasteiger partial charge on any atom is 0.410 e. The van der Waals surface area contributed by atoms with E-state index in [1.807, 2.05) is 0 Å². The van der Waals surface area contributed by atoms with E-state index in [0.717, 1.165) is 0 Å². The zero-order valence-corrected chi connectivity index (χ0v) is 18.2. The van der Waals surface area contributed by atoms with Crippen molar-refractivity contribution in [3.63, 3.8) is 0 Å². The number of hydrogen-bond donors (Lipinski definition) is 1. The lowest BCUT2D eigenvalue weighted by Crippen LogP contribution is -2.45. The molecule has 1 aromatic rings. The summed E-state index contributed by atoms with van der Waals surface area (Å²) in [5, 5.41) is 0. The molecule has 10 heteroatoms. The van der Waals surface area contributed by atoms with E-state index < -0.39 is 33.5 Å². The molecule has 1 N–H and O–H groups in total. The van der Waals surface area contributed by atoms with Crippen LogP contribution in [0, 0.1) is 5.92 Å². The molecule has 1 fully saturated rings. The molecule has 2 amide bonds. The molecular formula is C19H28N2O7S. The van der Waals surface area contributed by atoms with Crippen LogP contribution in [-0.4, -0.2) is 58.2 Å². The number of methoxy groups -OCH3 is 2. The summed E-state index contributed by atoms with van der Waals surface area (Å²) in [4.78, 5) is 26.0. The van der Waals surface area contributed by atoms with Gasteiger partial charge in [0.2, 0.25) is 5.91 Å². The third-order valence-electron chi connectivity index (χ3n) is 4.41. The number of nitrogens with zero attached hydrogens (tertiary/aromatic N) is 1. The Morgan fingerprint density at radius 1 is 1.10 bits per heavy atom. The van der Waals surface area contributed by atoms with Crippen LogP contribution in [0.4, 0.5) is 4.79 Å². The summed E-state index contributed by atoms with van der Waals surface area (Å²) in [5.74, 6) is -0.714. The lowest BCUT2D eigenvalue weighted by Gasteiger charge is -2.32. The van der Waals surface area contributed by atoms with Crippen LogP contribution in [0.2, 0.25) is 0 Å². The van der Waals surface area contributed by atoms with Crippen LogP contribution in [0.15, 0.2) is 23.1 Å². The zero-order chi connectivity index (χ0) is 21.8. The minimum Gasteiger partial charge on any atom is -0.497 e. The van der Waals surface area contributed by atoms with Gasteiger partial charge in [-0.05, 0) is 45.7 Å². The largest absolute Gasteiger partial charge is 0.497 e. The topological polar surface area (TPSA) is 111 Å². The van der Waals surface area contributed by atoms with E-state index in [-0.39, 0.29) is 10.6 Å². The summed E-state index contributed by atoms with van der Waals surface area (Å²) in [6.45, 7) is 5.97. The number of sulfonamides is 1. The standard InChI is InChI=1S/C19H28N2O7S/c1-19(2,3)28-18(23)21-10-8-13(9-11-21)17(22)20-29(24,25)16-12-14(26-4)6-7-15(16)27-5/h6-7,12-13H,8-11H2,1-5H3,(H,20,22). The number of carbonyl (C=O) groups excluding carboxylic acids is 2. The number of benzene rings is 1. The van der Waals surface area contributed by atoms with Crippen molar-refractivity contribution in [2.75, 3.05) is 27.3 Å². The van der Waals surface area contributed by atoms with Gasteiger partial charge in [0, 0.05) is 25.1 Å². The Bertz CT molecular complexity index is 854. The molecule has 162 valence electrons. The van der Waals surface area contributed by atoms with Crippen molar-refractivity contribution in [2.45, 2.75) is 44.1 Å². The molecule has 0 aromatic heterocycles. The van der Waals surface area contributed by atoms with E-state index in [0.29, 0.717) is 31.7 Å². The average molecular weight is 429 g/mol. The highest BCUT2D eigenvalue weighted by molar-refractivity contribution is 7.90. The van der Waals surface area contributed by atoms with Crippen molar-refractivity contribution in [3.8, 4) is 11.5 Å². The van der Waals surface area contributed by atoms with Gasteiger partial charge in [0.15, 0.2) is 0 Å². The van der Waals surface area contributed by atoms with E-state index in [4.69, 9.17) is 14.2 Å². The van der Waals surface area contributed by atoms with Gasteiger partial charge < -0.3 is 19.1 Å². The van der Waals surface area contributed by atoms with Gasteiger partial charge in [-0.1, -0.05) is 0 Å². The van der Waals surface area contributed by atoms with Crippen LogP contribution in [0.1, 0.15) is 33.6 Å². The fraction of sp³-hybridized carbons (Fsp3) is 0.579. The van der Waals surface area contributed by atoms with E-state index >= 15 is 0 Å². The van der Waals surface area contributed by atoms with Crippen molar-refractivity contribution in [3.05, 3.63) is 18.2 Å². The minimum absolute atomic E-state index is 0.103. The van der Waals surface area contributed by atoms with Crippen LogP contribution in [0.5, 0.6) is 11.5 Å². The molecule has 2 rings (SSSR count). The molecule has 1 heterocycles. The first-order chi connectivity index (χ1) is 13.5. The molecule has 0 aliphatic carbocycles. The highest BCUT2D eigenvalue weighted by Crippen LogP contribution is 2.28. The lowest BCUT2D eigenvalue weighted by atomic mass is 9.97. The highest BCUT2D eigenvalue weighted by Gasteiger charge is 2.32. The van der Waals surface area contributed by atoms with Gasteiger partial charge in [0.05, 0.1) is 14.2 Å². The second-order valence-corrected chi connectivity index (χ2v) is 9.38. The van der Waals surface area contributed by atoms with Crippen LogP contribution in [0.25, 0.3) is 0 Å². The molecule has 0 unspecified atom stereocenters. The van der Waals surface area contributed by atoms with Gasteiger partial charge in [-0.2, -0.15) is 0 Å².